The molecule has 112 valence electrons. The molecular weight excluding hydrogens is 283 g/mol. The van der Waals surface area contributed by atoms with E-state index < -0.39 is 0 Å². The van der Waals surface area contributed by atoms with E-state index in [0.717, 1.165) is 22.1 Å². The molecule has 0 spiro atoms. The quantitative estimate of drug-likeness (QED) is 0.672. The molecule has 3 aromatic rings. The molecule has 0 amide bonds. The fourth-order valence-corrected chi connectivity index (χ4v) is 2.34. The summed E-state index contributed by atoms with van der Waals surface area (Å²) < 4.78 is 23.7. The summed E-state index contributed by atoms with van der Waals surface area (Å²) in [5.74, 6) is 0.143. The summed E-state index contributed by atoms with van der Waals surface area (Å²) in [6, 6.07) is 13.6. The Balaban J connectivity index is 1.90. The second kappa shape index (κ2) is 6.02. The van der Waals surface area contributed by atoms with Crippen LogP contribution in [0.5, 0.6) is 0 Å². The van der Waals surface area contributed by atoms with Crippen molar-refractivity contribution in [2.75, 3.05) is 6.61 Å². The first-order valence-electron chi connectivity index (χ1n) is 7.10. The third-order valence-electron chi connectivity index (χ3n) is 3.36. The minimum atomic E-state index is -0.281. The molecule has 4 heteroatoms. The van der Waals surface area contributed by atoms with E-state index in [1.54, 1.807) is 19.1 Å². The van der Waals surface area contributed by atoms with E-state index in [4.69, 9.17) is 9.15 Å². The highest BCUT2D eigenvalue weighted by atomic mass is 19.1. The number of esters is 1. The molecule has 2 aromatic carbocycles. The van der Waals surface area contributed by atoms with Crippen LogP contribution >= 0.6 is 0 Å². The monoisotopic (exact) mass is 298 g/mol. The Morgan fingerprint density at radius 2 is 1.91 bits per heavy atom. The van der Waals surface area contributed by atoms with Gasteiger partial charge in [-0.15, -0.1) is 0 Å². The molecule has 0 aliphatic carbocycles. The fourth-order valence-electron chi connectivity index (χ4n) is 2.34. The van der Waals surface area contributed by atoms with Gasteiger partial charge in [0, 0.05) is 10.9 Å². The second-order valence-corrected chi connectivity index (χ2v) is 4.97. The molecule has 0 atom stereocenters. The number of fused-ring (bicyclic) bond motifs is 1. The van der Waals surface area contributed by atoms with Gasteiger partial charge in [-0.3, -0.25) is 4.79 Å². The van der Waals surface area contributed by atoms with Crippen LogP contribution in [0.4, 0.5) is 4.39 Å². The largest absolute Gasteiger partial charge is 0.466 e. The first-order chi connectivity index (χ1) is 10.7. The molecule has 0 aliphatic rings. The van der Waals surface area contributed by atoms with Crippen LogP contribution in [-0.4, -0.2) is 12.6 Å². The van der Waals surface area contributed by atoms with Gasteiger partial charge in [-0.25, -0.2) is 4.39 Å². The van der Waals surface area contributed by atoms with Gasteiger partial charge in [0.05, 0.1) is 13.0 Å². The lowest BCUT2D eigenvalue weighted by atomic mass is 10.1. The molecule has 22 heavy (non-hydrogen) atoms. The maximum absolute atomic E-state index is 13.0. The maximum Gasteiger partial charge on any atom is 0.310 e. The van der Waals surface area contributed by atoms with Crippen LogP contribution in [0.1, 0.15) is 12.5 Å². The summed E-state index contributed by atoms with van der Waals surface area (Å²) in [5.41, 5.74) is 2.41. The number of benzene rings is 2. The zero-order valence-electron chi connectivity index (χ0n) is 12.1. The maximum atomic E-state index is 13.0. The first-order valence-corrected chi connectivity index (χ1v) is 7.10. The Morgan fingerprint density at radius 1 is 1.14 bits per heavy atom. The van der Waals surface area contributed by atoms with Gasteiger partial charge in [0.2, 0.25) is 0 Å². The van der Waals surface area contributed by atoms with Gasteiger partial charge in [-0.2, -0.15) is 0 Å². The SMILES string of the molecule is CCOC(=O)Cc1ccc2oc(-c3ccc(F)cc3)cc2c1. The third kappa shape index (κ3) is 3.01. The van der Waals surface area contributed by atoms with Gasteiger partial charge < -0.3 is 9.15 Å². The molecule has 0 radical (unpaired) electrons. The number of halogens is 1. The number of furan rings is 1. The van der Waals surface area contributed by atoms with Crippen LogP contribution in [0.3, 0.4) is 0 Å². The van der Waals surface area contributed by atoms with E-state index in [-0.39, 0.29) is 18.2 Å². The molecule has 3 rings (SSSR count). The number of hydrogen-bond donors (Lipinski definition) is 0. The average Bonchev–Trinajstić information content (AvgIpc) is 2.91. The predicted octanol–water partition coefficient (Wildman–Crippen LogP) is 4.34. The summed E-state index contributed by atoms with van der Waals surface area (Å²) in [6.07, 6.45) is 0.237. The molecule has 0 bridgehead atoms. The van der Waals surface area contributed by atoms with Gasteiger partial charge in [-0.1, -0.05) is 6.07 Å². The number of ether oxygens (including phenoxy) is 1. The van der Waals surface area contributed by atoms with Crippen LogP contribution < -0.4 is 0 Å². The van der Waals surface area contributed by atoms with Gasteiger partial charge >= 0.3 is 5.97 Å². The molecule has 0 N–H and O–H groups in total. The standard InChI is InChI=1S/C18H15FO3/c1-2-21-18(20)10-12-3-8-16-14(9-12)11-17(22-16)13-4-6-15(19)7-5-13/h3-9,11H,2,10H2,1H3. The Hall–Kier alpha value is -2.62. The average molecular weight is 298 g/mol. The lowest BCUT2D eigenvalue weighted by Gasteiger charge is -2.01. The van der Waals surface area contributed by atoms with Crippen LogP contribution in [0.2, 0.25) is 0 Å². The molecule has 0 saturated carbocycles. The highest BCUT2D eigenvalue weighted by Crippen LogP contribution is 2.28. The minimum absolute atomic E-state index is 0.237. The summed E-state index contributed by atoms with van der Waals surface area (Å²) in [5, 5.41) is 0.904. The van der Waals surface area contributed by atoms with Crippen LogP contribution in [0.15, 0.2) is 52.9 Å². The lowest BCUT2D eigenvalue weighted by Crippen LogP contribution is -2.07. The van der Waals surface area contributed by atoms with E-state index in [0.29, 0.717) is 12.4 Å². The predicted molar refractivity (Wildman–Crippen MR) is 81.9 cm³/mol. The first kappa shape index (κ1) is 14.3. The van der Waals surface area contributed by atoms with Crippen molar-refractivity contribution in [3.05, 3.63) is 59.9 Å². The van der Waals surface area contributed by atoms with Crippen molar-refractivity contribution < 1.29 is 18.3 Å². The zero-order chi connectivity index (χ0) is 15.5. The number of rotatable bonds is 4. The molecule has 0 aliphatic heterocycles. The normalized spacial score (nSPS) is 10.8. The molecule has 0 saturated heterocycles. The van der Waals surface area contributed by atoms with Crippen LogP contribution in [0, 0.1) is 5.82 Å². The molecule has 1 heterocycles. The number of carbonyl (C=O) groups excluding carboxylic acids is 1. The molecular formula is C18H15FO3. The van der Waals surface area contributed by atoms with Gasteiger partial charge in [0.25, 0.3) is 0 Å². The van der Waals surface area contributed by atoms with E-state index in [1.807, 2.05) is 24.3 Å². The number of carbonyl (C=O) groups is 1. The summed E-state index contributed by atoms with van der Waals surface area (Å²) in [7, 11) is 0. The van der Waals surface area contributed by atoms with Gasteiger partial charge in [-0.05, 0) is 55.0 Å². The highest BCUT2D eigenvalue weighted by Gasteiger charge is 2.09. The zero-order valence-corrected chi connectivity index (χ0v) is 12.1. The Kier molecular flexibility index (Phi) is 3.92. The highest BCUT2D eigenvalue weighted by molar-refractivity contribution is 5.84. The molecule has 1 aromatic heterocycles. The van der Waals surface area contributed by atoms with E-state index in [9.17, 15) is 9.18 Å². The summed E-state index contributed by atoms with van der Waals surface area (Å²) in [4.78, 5) is 11.5. The second-order valence-electron chi connectivity index (χ2n) is 4.97. The summed E-state index contributed by atoms with van der Waals surface area (Å²) in [6.45, 7) is 2.16. The van der Waals surface area contributed by atoms with Crippen molar-refractivity contribution in [3.8, 4) is 11.3 Å². The molecule has 0 unspecified atom stereocenters. The van der Waals surface area contributed by atoms with E-state index >= 15 is 0 Å². The lowest BCUT2D eigenvalue weighted by molar-refractivity contribution is -0.142. The van der Waals surface area contributed by atoms with Crippen molar-refractivity contribution in [3.63, 3.8) is 0 Å². The van der Waals surface area contributed by atoms with Crippen molar-refractivity contribution in [1.82, 2.24) is 0 Å². The van der Waals surface area contributed by atoms with Gasteiger partial charge in [0.15, 0.2) is 0 Å². The van der Waals surface area contributed by atoms with Gasteiger partial charge in [0.1, 0.15) is 17.2 Å². The van der Waals surface area contributed by atoms with Crippen molar-refractivity contribution >= 4 is 16.9 Å². The van der Waals surface area contributed by atoms with Crippen molar-refractivity contribution in [2.24, 2.45) is 0 Å². The Bertz CT molecular complexity index is 803. The molecule has 3 nitrogen and oxygen atoms in total. The Morgan fingerprint density at radius 3 is 2.64 bits per heavy atom. The van der Waals surface area contributed by atoms with E-state index in [2.05, 4.69) is 0 Å². The third-order valence-corrected chi connectivity index (χ3v) is 3.36. The smallest absolute Gasteiger partial charge is 0.310 e. The summed E-state index contributed by atoms with van der Waals surface area (Å²) >= 11 is 0. The fraction of sp³-hybridized carbons (Fsp3) is 0.167. The van der Waals surface area contributed by atoms with Crippen molar-refractivity contribution in [2.45, 2.75) is 13.3 Å². The number of hydrogen-bond acceptors (Lipinski definition) is 3. The molecule has 0 fully saturated rings. The topological polar surface area (TPSA) is 39.4 Å². The van der Waals surface area contributed by atoms with E-state index in [1.165, 1.54) is 12.1 Å². The van der Waals surface area contributed by atoms with Crippen molar-refractivity contribution in [1.29, 1.82) is 0 Å². The minimum Gasteiger partial charge on any atom is -0.466 e. The van der Waals surface area contributed by atoms with Crippen LogP contribution in [-0.2, 0) is 16.0 Å². The van der Waals surface area contributed by atoms with Crippen LogP contribution in [0.25, 0.3) is 22.3 Å². The Labute approximate surface area is 127 Å².